The third kappa shape index (κ3) is 8.06. The monoisotopic (exact) mass is 246 g/mol. The van der Waals surface area contributed by atoms with Gasteiger partial charge in [0.15, 0.2) is 0 Å². The van der Waals surface area contributed by atoms with Crippen molar-refractivity contribution >= 4 is 18.0 Å². The second-order valence-electron chi connectivity index (χ2n) is 3.53. The van der Waals surface area contributed by atoms with Crippen molar-refractivity contribution in [2.75, 3.05) is 6.61 Å². The van der Waals surface area contributed by atoms with Crippen molar-refractivity contribution in [2.24, 2.45) is 5.73 Å². The fraction of sp³-hybridized carbons (Fsp3) is 0.700. The fourth-order valence-electron chi connectivity index (χ4n) is 1.04. The second-order valence-corrected chi connectivity index (χ2v) is 3.53. The van der Waals surface area contributed by atoms with Gasteiger partial charge in [0.05, 0.1) is 6.61 Å². The molecule has 7 nitrogen and oxygen atoms in total. The molecule has 0 aliphatic heterocycles. The van der Waals surface area contributed by atoms with E-state index in [0.717, 1.165) is 6.42 Å². The molecule has 2 amide bonds. The summed E-state index contributed by atoms with van der Waals surface area (Å²) in [4.78, 5) is 32.4. The summed E-state index contributed by atoms with van der Waals surface area (Å²) in [7, 11) is 0. The van der Waals surface area contributed by atoms with Crippen molar-refractivity contribution in [1.29, 1.82) is 0 Å². The van der Waals surface area contributed by atoms with Gasteiger partial charge >= 0.3 is 12.1 Å². The molecule has 0 saturated carbocycles. The molecule has 0 heterocycles. The number of alkyl carbamates (subject to hydrolysis) is 1. The number of unbranched alkanes of at least 4 members (excludes halogenated alkanes) is 1. The highest BCUT2D eigenvalue weighted by atomic mass is 16.5. The number of hydrogen-bond donors (Lipinski definition) is 3. The predicted molar refractivity (Wildman–Crippen MR) is 59.2 cm³/mol. The minimum absolute atomic E-state index is 0.0481. The van der Waals surface area contributed by atoms with Gasteiger partial charge < -0.3 is 20.9 Å². The van der Waals surface area contributed by atoms with Crippen LogP contribution in [0.1, 0.15) is 32.6 Å². The highest BCUT2D eigenvalue weighted by molar-refractivity contribution is 5.81. The van der Waals surface area contributed by atoms with Crippen LogP contribution in [0.25, 0.3) is 0 Å². The van der Waals surface area contributed by atoms with Gasteiger partial charge in [-0.25, -0.2) is 9.59 Å². The number of primary amides is 1. The van der Waals surface area contributed by atoms with Crippen molar-refractivity contribution < 1.29 is 24.2 Å². The molecule has 1 atom stereocenters. The first kappa shape index (κ1) is 15.2. The number of hydrogen-bond acceptors (Lipinski definition) is 4. The number of nitrogens with one attached hydrogen (secondary N) is 1. The lowest BCUT2D eigenvalue weighted by atomic mass is 10.1. The molecule has 0 aromatic carbocycles. The minimum atomic E-state index is -1.22. The van der Waals surface area contributed by atoms with E-state index in [1.807, 2.05) is 6.92 Å². The maximum absolute atomic E-state index is 11.2. The van der Waals surface area contributed by atoms with Gasteiger partial charge in [0.1, 0.15) is 6.04 Å². The predicted octanol–water partition coefficient (Wildman–Crippen LogP) is 0.231. The summed E-state index contributed by atoms with van der Waals surface area (Å²) in [6.45, 7) is 2.18. The summed E-state index contributed by atoms with van der Waals surface area (Å²) < 4.78 is 4.74. The summed E-state index contributed by atoms with van der Waals surface area (Å²) in [5.41, 5.74) is 4.89. The molecule has 0 fully saturated rings. The molecule has 0 aromatic heterocycles. The van der Waals surface area contributed by atoms with Gasteiger partial charge in [-0.3, -0.25) is 4.79 Å². The number of ether oxygens (including phenoxy) is 1. The van der Waals surface area contributed by atoms with E-state index in [1.54, 1.807) is 0 Å². The van der Waals surface area contributed by atoms with Crippen LogP contribution in [0.2, 0.25) is 0 Å². The van der Waals surface area contributed by atoms with Crippen LogP contribution in [0.4, 0.5) is 4.79 Å². The standard InChI is InChI=1S/C10H18N2O5/c1-2-3-6-17-10(16)12-7(9(14)15)4-5-8(11)13/h7H,2-6H2,1H3,(H2,11,13)(H,12,16)(H,14,15)/t7-/m1/s1. The van der Waals surface area contributed by atoms with Crippen LogP contribution >= 0.6 is 0 Å². The molecule has 4 N–H and O–H groups in total. The van der Waals surface area contributed by atoms with Gasteiger partial charge in [0.2, 0.25) is 5.91 Å². The molecule has 0 bridgehead atoms. The number of carbonyl (C=O) groups excluding carboxylic acids is 2. The van der Waals surface area contributed by atoms with E-state index in [-0.39, 0.29) is 19.4 Å². The fourth-order valence-corrected chi connectivity index (χ4v) is 1.04. The Hall–Kier alpha value is -1.79. The van der Waals surface area contributed by atoms with Gasteiger partial charge in [0.25, 0.3) is 0 Å². The largest absolute Gasteiger partial charge is 0.480 e. The van der Waals surface area contributed by atoms with Gasteiger partial charge in [-0.15, -0.1) is 0 Å². The molecular weight excluding hydrogens is 228 g/mol. The summed E-state index contributed by atoms with van der Waals surface area (Å²) >= 11 is 0. The van der Waals surface area contributed by atoms with Crippen molar-refractivity contribution in [3.63, 3.8) is 0 Å². The van der Waals surface area contributed by atoms with Gasteiger partial charge in [-0.05, 0) is 12.8 Å². The van der Waals surface area contributed by atoms with Gasteiger partial charge in [-0.2, -0.15) is 0 Å². The van der Waals surface area contributed by atoms with Crippen molar-refractivity contribution in [1.82, 2.24) is 5.32 Å². The summed E-state index contributed by atoms with van der Waals surface area (Å²) in [5, 5.41) is 10.9. The third-order valence-corrected chi connectivity index (χ3v) is 2.00. The topological polar surface area (TPSA) is 119 Å². The Labute approximate surface area is 99.3 Å². The molecule has 7 heteroatoms. The van der Waals surface area contributed by atoms with E-state index in [2.05, 4.69) is 5.32 Å². The normalized spacial score (nSPS) is 11.6. The average molecular weight is 246 g/mol. The summed E-state index contributed by atoms with van der Waals surface area (Å²) in [6.07, 6.45) is 0.638. The van der Waals surface area contributed by atoms with Crippen LogP contribution in [0.5, 0.6) is 0 Å². The zero-order chi connectivity index (χ0) is 13.3. The number of carbonyl (C=O) groups is 3. The molecule has 17 heavy (non-hydrogen) atoms. The quantitative estimate of drug-likeness (QED) is 0.530. The van der Waals surface area contributed by atoms with Crippen molar-refractivity contribution in [3.8, 4) is 0 Å². The van der Waals surface area contributed by atoms with Gasteiger partial charge in [-0.1, -0.05) is 13.3 Å². The maximum Gasteiger partial charge on any atom is 0.407 e. The van der Waals surface area contributed by atoms with E-state index in [0.29, 0.717) is 6.42 Å². The second kappa shape index (κ2) is 8.37. The highest BCUT2D eigenvalue weighted by Gasteiger charge is 2.20. The molecule has 0 saturated heterocycles. The van der Waals surface area contributed by atoms with E-state index in [9.17, 15) is 14.4 Å². The van der Waals surface area contributed by atoms with E-state index in [4.69, 9.17) is 15.6 Å². The number of rotatable bonds is 8. The molecule has 0 rings (SSSR count). The van der Waals surface area contributed by atoms with Gasteiger partial charge in [0, 0.05) is 6.42 Å². The Kier molecular flexibility index (Phi) is 7.49. The van der Waals surface area contributed by atoms with Crippen LogP contribution in [-0.4, -0.2) is 35.7 Å². The molecule has 98 valence electrons. The van der Waals surface area contributed by atoms with Crippen LogP contribution in [0.15, 0.2) is 0 Å². The van der Waals surface area contributed by atoms with Crippen molar-refractivity contribution in [3.05, 3.63) is 0 Å². The first-order valence-corrected chi connectivity index (χ1v) is 5.41. The first-order chi connectivity index (χ1) is 7.97. The Morgan fingerprint density at radius 2 is 2.06 bits per heavy atom. The lowest BCUT2D eigenvalue weighted by Gasteiger charge is -2.13. The smallest absolute Gasteiger partial charge is 0.407 e. The Morgan fingerprint density at radius 3 is 2.53 bits per heavy atom. The van der Waals surface area contributed by atoms with Crippen LogP contribution < -0.4 is 11.1 Å². The molecular formula is C10H18N2O5. The highest BCUT2D eigenvalue weighted by Crippen LogP contribution is 1.98. The Morgan fingerprint density at radius 1 is 1.41 bits per heavy atom. The van der Waals surface area contributed by atoms with Crippen LogP contribution in [0.3, 0.4) is 0 Å². The zero-order valence-corrected chi connectivity index (χ0v) is 9.77. The number of carboxylic acids is 1. The molecule has 0 unspecified atom stereocenters. The third-order valence-electron chi connectivity index (χ3n) is 2.00. The average Bonchev–Trinajstić information content (AvgIpc) is 2.23. The molecule has 0 aromatic rings. The lowest BCUT2D eigenvalue weighted by Crippen LogP contribution is -2.41. The molecule has 0 radical (unpaired) electrons. The van der Waals surface area contributed by atoms with E-state index in [1.165, 1.54) is 0 Å². The number of nitrogens with two attached hydrogens (primary N) is 1. The summed E-state index contributed by atoms with van der Waals surface area (Å²) in [6, 6.07) is -1.16. The lowest BCUT2D eigenvalue weighted by molar-refractivity contribution is -0.139. The first-order valence-electron chi connectivity index (χ1n) is 5.41. The maximum atomic E-state index is 11.2. The van der Waals surface area contributed by atoms with Crippen LogP contribution in [0, 0.1) is 0 Å². The Bertz CT molecular complexity index is 280. The number of amides is 2. The minimum Gasteiger partial charge on any atom is -0.480 e. The molecule has 0 aliphatic carbocycles. The van der Waals surface area contributed by atoms with E-state index >= 15 is 0 Å². The molecule has 0 spiro atoms. The van der Waals surface area contributed by atoms with E-state index < -0.39 is 24.0 Å². The number of aliphatic carboxylic acids is 1. The SMILES string of the molecule is CCCCOC(=O)N[C@H](CCC(N)=O)C(=O)O. The summed E-state index contributed by atoms with van der Waals surface area (Å²) in [5.74, 6) is -1.84. The van der Waals surface area contributed by atoms with Crippen molar-refractivity contribution in [2.45, 2.75) is 38.6 Å². The van der Waals surface area contributed by atoms with Crippen LogP contribution in [-0.2, 0) is 14.3 Å². The number of carboxylic acid groups (broad SMARTS) is 1. The molecule has 0 aliphatic rings. The Balaban J connectivity index is 4.02. The zero-order valence-electron chi connectivity index (χ0n) is 9.77.